The maximum atomic E-state index is 12.2. The van der Waals surface area contributed by atoms with Gasteiger partial charge in [-0.25, -0.2) is 0 Å². The van der Waals surface area contributed by atoms with Crippen LogP contribution in [0.25, 0.3) is 0 Å². The van der Waals surface area contributed by atoms with Gasteiger partial charge in [0.25, 0.3) is 6.47 Å². The van der Waals surface area contributed by atoms with Gasteiger partial charge in [0.15, 0.2) is 6.10 Å². The first kappa shape index (κ1) is 35.0. The van der Waals surface area contributed by atoms with Gasteiger partial charge in [-0.3, -0.25) is 9.59 Å². The zero-order valence-corrected chi connectivity index (χ0v) is 23.9. The highest BCUT2D eigenvalue weighted by Gasteiger charge is 2.20. The number of nitrogens with one attached hydrogen (secondary N) is 1. The normalized spacial score (nSPS) is 13.1. The van der Waals surface area contributed by atoms with Crippen LogP contribution in [0.3, 0.4) is 0 Å². The van der Waals surface area contributed by atoms with Crippen LogP contribution in [-0.2, 0) is 32.6 Å². The van der Waals surface area contributed by atoms with Crippen molar-refractivity contribution in [3.8, 4) is 0 Å². The summed E-state index contributed by atoms with van der Waals surface area (Å²) in [5.41, 5.74) is 0. The Hall–Kier alpha value is -1.05. The quantitative estimate of drug-likeness (QED) is 0.0394. The number of unbranched alkanes of at least 4 members (excludes halogenated alkanes) is 11. The molecule has 9 heteroatoms. The average Bonchev–Trinajstić information content (AvgIpc) is 2.87. The summed E-state index contributed by atoms with van der Waals surface area (Å²) in [5.74, 6) is -0.312. The summed E-state index contributed by atoms with van der Waals surface area (Å²) < 4.78 is 26.9. The highest BCUT2D eigenvalue weighted by Crippen LogP contribution is 2.39. The third-order valence-electron chi connectivity index (χ3n) is 5.44. The van der Waals surface area contributed by atoms with Crippen LogP contribution in [0.15, 0.2) is 12.2 Å². The van der Waals surface area contributed by atoms with Crippen molar-refractivity contribution < 1.29 is 32.6 Å². The molecule has 0 heterocycles. The summed E-state index contributed by atoms with van der Waals surface area (Å²) >= 11 is 0. The second-order valence-electron chi connectivity index (χ2n) is 8.75. The maximum Gasteiger partial charge on any atom is 0.332 e. The summed E-state index contributed by atoms with van der Waals surface area (Å²) in [6.45, 7) is 5.95. The monoisotopic (exact) mass is 533 g/mol. The highest BCUT2D eigenvalue weighted by molar-refractivity contribution is 7.41. The van der Waals surface area contributed by atoms with Gasteiger partial charge in [-0.15, -0.1) is 0 Å². The first-order chi connectivity index (χ1) is 17.7. The van der Waals surface area contributed by atoms with Crippen LogP contribution in [-0.4, -0.2) is 58.6 Å². The van der Waals surface area contributed by atoms with Crippen molar-refractivity contribution in [2.45, 2.75) is 110 Å². The highest BCUT2D eigenvalue weighted by atomic mass is 31.2. The van der Waals surface area contributed by atoms with Gasteiger partial charge in [-0.1, -0.05) is 70.4 Å². The average molecular weight is 534 g/mol. The van der Waals surface area contributed by atoms with E-state index >= 15 is 0 Å². The van der Waals surface area contributed by atoms with E-state index < -0.39 is 14.7 Å². The van der Waals surface area contributed by atoms with Crippen LogP contribution >= 0.6 is 8.60 Å². The molecule has 0 saturated heterocycles. The van der Waals surface area contributed by atoms with E-state index in [1.165, 1.54) is 57.8 Å². The second kappa shape index (κ2) is 28.5. The van der Waals surface area contributed by atoms with Crippen LogP contribution < -0.4 is 5.32 Å². The van der Waals surface area contributed by atoms with Crippen LogP contribution in [0.4, 0.5) is 0 Å². The number of likely N-dealkylation sites (N-methyl/N-ethyl adjacent to an activating group) is 1. The molecule has 0 amide bonds. The lowest BCUT2D eigenvalue weighted by Crippen LogP contribution is -2.28. The van der Waals surface area contributed by atoms with Crippen molar-refractivity contribution in [1.29, 1.82) is 0 Å². The molecular weight excluding hydrogens is 481 g/mol. The van der Waals surface area contributed by atoms with E-state index in [9.17, 15) is 9.59 Å². The van der Waals surface area contributed by atoms with E-state index in [-0.39, 0.29) is 19.2 Å². The molecule has 0 aliphatic rings. The standard InChI is InChI=1S/C27H52NO7P/c1-4-6-7-8-9-10-11-12-13-14-15-16-17-18-19-20-27(30)35-26(23-31-25-29)24-34-36(32-5-2)33-22-21-28-3/h12-13,25-26,28H,4-11,14-24H2,1-3H3/b13-12-/t26-,36?/m0/s1. The maximum absolute atomic E-state index is 12.2. The summed E-state index contributed by atoms with van der Waals surface area (Å²) in [6, 6.07) is 0. The van der Waals surface area contributed by atoms with Gasteiger partial charge < -0.3 is 28.4 Å². The molecule has 0 aliphatic carbocycles. The predicted octanol–water partition coefficient (Wildman–Crippen LogP) is 6.62. The van der Waals surface area contributed by atoms with Crippen LogP contribution in [0.2, 0.25) is 0 Å². The topological polar surface area (TPSA) is 92.3 Å². The molecule has 2 atom stereocenters. The smallest absolute Gasteiger partial charge is 0.332 e. The van der Waals surface area contributed by atoms with Gasteiger partial charge in [-0.05, 0) is 46.1 Å². The van der Waals surface area contributed by atoms with E-state index in [2.05, 4.69) is 24.4 Å². The predicted molar refractivity (Wildman–Crippen MR) is 146 cm³/mol. The Labute approximate surface area is 221 Å². The largest absolute Gasteiger partial charge is 0.464 e. The lowest BCUT2D eigenvalue weighted by atomic mass is 10.1. The van der Waals surface area contributed by atoms with Crippen LogP contribution in [0.5, 0.6) is 0 Å². The molecule has 0 aromatic rings. The molecule has 8 nitrogen and oxygen atoms in total. The Bertz CT molecular complexity index is 522. The van der Waals surface area contributed by atoms with Crippen LogP contribution in [0, 0.1) is 0 Å². The number of carbonyl (C=O) groups is 2. The van der Waals surface area contributed by atoms with Crippen molar-refractivity contribution in [3.05, 3.63) is 12.2 Å². The van der Waals surface area contributed by atoms with Crippen molar-refractivity contribution in [3.63, 3.8) is 0 Å². The fourth-order valence-electron chi connectivity index (χ4n) is 3.43. The number of ether oxygens (including phenoxy) is 2. The van der Waals surface area contributed by atoms with Gasteiger partial charge in [0.2, 0.25) is 0 Å². The Morgan fingerprint density at radius 1 is 0.833 bits per heavy atom. The molecule has 0 aliphatic heterocycles. The molecule has 0 fully saturated rings. The molecule has 1 unspecified atom stereocenters. The minimum absolute atomic E-state index is 0.0389. The minimum Gasteiger partial charge on any atom is -0.464 e. The molecule has 0 bridgehead atoms. The van der Waals surface area contributed by atoms with Crippen molar-refractivity contribution >= 4 is 21.0 Å². The number of hydrogen-bond acceptors (Lipinski definition) is 8. The van der Waals surface area contributed by atoms with Crippen molar-refractivity contribution in [2.24, 2.45) is 0 Å². The van der Waals surface area contributed by atoms with Gasteiger partial charge in [0.1, 0.15) is 6.61 Å². The molecule has 0 spiro atoms. The molecule has 0 aromatic carbocycles. The minimum atomic E-state index is -1.55. The third kappa shape index (κ3) is 24.6. The van der Waals surface area contributed by atoms with Gasteiger partial charge in [-0.2, -0.15) is 0 Å². The SMILES string of the molecule is CCCCCCCC/C=C\CCCCCCCC(=O)O[C@@H](COC=O)COP(OCC)OCCNC. The number of hydrogen-bond donors (Lipinski definition) is 1. The van der Waals surface area contributed by atoms with E-state index in [1.807, 2.05) is 14.0 Å². The van der Waals surface area contributed by atoms with Crippen molar-refractivity contribution in [1.82, 2.24) is 5.32 Å². The fraction of sp³-hybridized carbons (Fsp3) is 0.852. The molecule has 36 heavy (non-hydrogen) atoms. The fourth-order valence-corrected chi connectivity index (χ4v) is 4.39. The van der Waals surface area contributed by atoms with Crippen molar-refractivity contribution in [2.75, 3.05) is 40.0 Å². The van der Waals surface area contributed by atoms with Gasteiger partial charge in [0, 0.05) is 13.0 Å². The van der Waals surface area contributed by atoms with Gasteiger partial charge in [0.05, 0.1) is 19.8 Å². The van der Waals surface area contributed by atoms with Gasteiger partial charge >= 0.3 is 14.6 Å². The summed E-state index contributed by atoms with van der Waals surface area (Å²) in [5, 5.41) is 2.98. The molecule has 0 saturated carbocycles. The Kier molecular flexibility index (Phi) is 27.7. The molecule has 0 radical (unpaired) electrons. The summed E-state index contributed by atoms with van der Waals surface area (Å²) in [6.07, 6.45) is 20.0. The zero-order chi connectivity index (χ0) is 26.5. The lowest BCUT2D eigenvalue weighted by molar-refractivity contribution is -0.156. The second-order valence-corrected chi connectivity index (χ2v) is 9.97. The lowest BCUT2D eigenvalue weighted by Gasteiger charge is -2.20. The zero-order valence-electron chi connectivity index (χ0n) is 23.0. The number of esters is 1. The summed E-state index contributed by atoms with van der Waals surface area (Å²) in [4.78, 5) is 22.8. The van der Waals surface area contributed by atoms with Crippen LogP contribution in [0.1, 0.15) is 104 Å². The number of carbonyl (C=O) groups excluding carboxylic acids is 2. The first-order valence-corrected chi connectivity index (χ1v) is 15.0. The Balaban J connectivity index is 3.91. The molecule has 0 rings (SSSR count). The molecular formula is C27H52NO7P. The first-order valence-electron chi connectivity index (χ1n) is 13.9. The third-order valence-corrected chi connectivity index (χ3v) is 6.66. The van der Waals surface area contributed by atoms with E-state index in [0.717, 1.165) is 25.7 Å². The number of rotatable bonds is 28. The Morgan fingerprint density at radius 2 is 1.47 bits per heavy atom. The molecule has 212 valence electrons. The molecule has 0 aromatic heterocycles. The molecule has 1 N–H and O–H groups in total. The number of allylic oxidation sites excluding steroid dienone is 2. The van der Waals surface area contributed by atoms with E-state index in [0.29, 0.717) is 32.7 Å². The Morgan fingerprint density at radius 3 is 2.08 bits per heavy atom. The summed E-state index contributed by atoms with van der Waals surface area (Å²) in [7, 11) is 0.275. The van der Waals surface area contributed by atoms with E-state index in [1.54, 1.807) is 0 Å². The van der Waals surface area contributed by atoms with E-state index in [4.69, 9.17) is 23.0 Å².